The predicted molar refractivity (Wildman–Crippen MR) is 92.7 cm³/mol. The predicted octanol–water partition coefficient (Wildman–Crippen LogP) is 2.47. The summed E-state index contributed by atoms with van der Waals surface area (Å²) in [7, 11) is -3.80. The van der Waals surface area contributed by atoms with Crippen molar-refractivity contribution in [2.45, 2.75) is 24.3 Å². The largest absolute Gasteiger partial charge is 0.478 e. The van der Waals surface area contributed by atoms with E-state index in [1.807, 2.05) is 0 Å². The van der Waals surface area contributed by atoms with Crippen LogP contribution in [0, 0.1) is 5.82 Å². The normalized spacial score (nSPS) is 15.3. The zero-order chi connectivity index (χ0) is 18.9. The maximum atomic E-state index is 13.6. The number of carbonyl (C=O) groups is 1. The van der Waals surface area contributed by atoms with E-state index in [0.717, 1.165) is 25.0 Å². The first-order valence-corrected chi connectivity index (χ1v) is 9.55. The van der Waals surface area contributed by atoms with Crippen molar-refractivity contribution < 1.29 is 27.8 Å². The molecule has 2 aromatic rings. The van der Waals surface area contributed by atoms with Crippen LogP contribution >= 0.6 is 0 Å². The van der Waals surface area contributed by atoms with Crippen molar-refractivity contribution in [2.24, 2.45) is 0 Å². The van der Waals surface area contributed by atoms with Crippen LogP contribution in [0.15, 0.2) is 41.3 Å². The SMILES string of the molecule is O=C(O)c1cc(-c2ccc(F)c(CO)c2)cc(S(=O)(=O)N2CCCC2)c1. The molecule has 2 N–H and O–H groups in total. The molecule has 0 unspecified atom stereocenters. The number of rotatable bonds is 5. The number of benzene rings is 2. The summed E-state index contributed by atoms with van der Waals surface area (Å²) in [6, 6.07) is 7.80. The van der Waals surface area contributed by atoms with Crippen LogP contribution in [-0.4, -0.2) is 42.0 Å². The molecule has 0 saturated carbocycles. The molecule has 0 aliphatic carbocycles. The third-order valence-corrected chi connectivity index (χ3v) is 6.28. The second-order valence-electron chi connectivity index (χ2n) is 6.13. The summed E-state index contributed by atoms with van der Waals surface area (Å²) < 4.78 is 40.6. The topological polar surface area (TPSA) is 94.9 Å². The minimum atomic E-state index is -3.80. The number of halogens is 1. The fraction of sp³-hybridized carbons (Fsp3) is 0.278. The van der Waals surface area contributed by atoms with Gasteiger partial charge in [0.2, 0.25) is 10.0 Å². The molecular weight excluding hydrogens is 361 g/mol. The highest BCUT2D eigenvalue weighted by molar-refractivity contribution is 7.89. The van der Waals surface area contributed by atoms with E-state index >= 15 is 0 Å². The standard InChI is InChI=1S/C18H18FNO5S/c19-17-4-3-12(7-15(17)11-21)13-8-14(18(22)23)10-16(9-13)26(24,25)20-5-1-2-6-20/h3-4,7-10,21H,1-2,5-6,11H2,(H,22,23). The number of aliphatic hydroxyl groups excluding tert-OH is 1. The van der Waals surface area contributed by atoms with E-state index in [0.29, 0.717) is 24.2 Å². The molecular formula is C18H18FNO5S. The Morgan fingerprint density at radius 3 is 2.38 bits per heavy atom. The minimum Gasteiger partial charge on any atom is -0.478 e. The lowest BCUT2D eigenvalue weighted by atomic mass is 10.0. The molecule has 2 aromatic carbocycles. The minimum absolute atomic E-state index is 0.0483. The summed E-state index contributed by atoms with van der Waals surface area (Å²) in [5.74, 6) is -1.84. The van der Waals surface area contributed by atoms with Crippen molar-refractivity contribution in [1.82, 2.24) is 4.31 Å². The Kier molecular flexibility index (Phi) is 5.08. The molecule has 6 nitrogen and oxygen atoms in total. The monoisotopic (exact) mass is 379 g/mol. The Bertz CT molecular complexity index is 952. The van der Waals surface area contributed by atoms with Crippen molar-refractivity contribution in [3.05, 3.63) is 53.3 Å². The second-order valence-corrected chi connectivity index (χ2v) is 8.06. The first kappa shape index (κ1) is 18.5. The van der Waals surface area contributed by atoms with Gasteiger partial charge in [0.1, 0.15) is 5.82 Å². The van der Waals surface area contributed by atoms with Crippen LogP contribution in [-0.2, 0) is 16.6 Å². The fourth-order valence-electron chi connectivity index (χ4n) is 2.99. The molecule has 1 aliphatic heterocycles. The Morgan fingerprint density at radius 1 is 1.08 bits per heavy atom. The molecule has 8 heteroatoms. The number of aliphatic hydroxyl groups is 1. The van der Waals surface area contributed by atoms with Crippen LogP contribution < -0.4 is 0 Å². The lowest BCUT2D eigenvalue weighted by Gasteiger charge is -2.17. The number of carboxylic acid groups (broad SMARTS) is 1. The van der Waals surface area contributed by atoms with E-state index in [1.165, 1.54) is 28.6 Å². The van der Waals surface area contributed by atoms with Crippen molar-refractivity contribution in [2.75, 3.05) is 13.1 Å². The number of aromatic carboxylic acids is 1. The number of hydrogen-bond donors (Lipinski definition) is 2. The van der Waals surface area contributed by atoms with Gasteiger partial charge in [-0.25, -0.2) is 17.6 Å². The molecule has 0 spiro atoms. The molecule has 3 rings (SSSR count). The molecule has 0 atom stereocenters. The summed E-state index contributed by atoms with van der Waals surface area (Å²) in [5.41, 5.74) is 0.635. The third kappa shape index (κ3) is 3.48. The molecule has 0 bridgehead atoms. The zero-order valence-corrected chi connectivity index (χ0v) is 14.7. The van der Waals surface area contributed by atoms with Crippen LogP contribution in [0.4, 0.5) is 4.39 Å². The van der Waals surface area contributed by atoms with Gasteiger partial charge in [0.25, 0.3) is 0 Å². The average molecular weight is 379 g/mol. The Labute approximate surface area is 150 Å². The van der Waals surface area contributed by atoms with Crippen LogP contribution in [0.3, 0.4) is 0 Å². The summed E-state index contributed by atoms with van der Waals surface area (Å²) in [4.78, 5) is 11.3. The van der Waals surface area contributed by atoms with Gasteiger partial charge in [-0.1, -0.05) is 6.07 Å². The smallest absolute Gasteiger partial charge is 0.335 e. The number of hydrogen-bond acceptors (Lipinski definition) is 4. The van der Waals surface area contributed by atoms with Gasteiger partial charge in [-0.15, -0.1) is 0 Å². The summed E-state index contributed by atoms with van der Waals surface area (Å²) in [6.45, 7) is 0.289. The number of carboxylic acids is 1. The first-order chi connectivity index (χ1) is 12.3. The molecule has 1 fully saturated rings. The Balaban J connectivity index is 2.15. The van der Waals surface area contributed by atoms with Gasteiger partial charge in [0, 0.05) is 18.7 Å². The van der Waals surface area contributed by atoms with Crippen LogP contribution in [0.5, 0.6) is 0 Å². The van der Waals surface area contributed by atoms with Crippen molar-refractivity contribution in [3.63, 3.8) is 0 Å². The molecule has 1 aliphatic rings. The quantitative estimate of drug-likeness (QED) is 0.832. The van der Waals surface area contributed by atoms with E-state index in [2.05, 4.69) is 0 Å². The fourth-order valence-corrected chi connectivity index (χ4v) is 4.58. The highest BCUT2D eigenvalue weighted by Gasteiger charge is 2.28. The lowest BCUT2D eigenvalue weighted by Crippen LogP contribution is -2.28. The Hall–Kier alpha value is -2.29. The van der Waals surface area contributed by atoms with Gasteiger partial charge in [-0.2, -0.15) is 4.31 Å². The zero-order valence-electron chi connectivity index (χ0n) is 13.9. The number of sulfonamides is 1. The van der Waals surface area contributed by atoms with E-state index in [9.17, 15) is 27.8 Å². The van der Waals surface area contributed by atoms with E-state index in [-0.39, 0.29) is 16.0 Å². The molecule has 0 amide bonds. The van der Waals surface area contributed by atoms with Gasteiger partial charge in [0.05, 0.1) is 17.1 Å². The molecule has 1 heterocycles. The third-order valence-electron chi connectivity index (χ3n) is 4.41. The lowest BCUT2D eigenvalue weighted by molar-refractivity contribution is 0.0696. The van der Waals surface area contributed by atoms with Crippen LogP contribution in [0.2, 0.25) is 0 Å². The van der Waals surface area contributed by atoms with Crippen molar-refractivity contribution in [1.29, 1.82) is 0 Å². The summed E-state index contributed by atoms with van der Waals surface area (Å²) in [6.07, 6.45) is 1.53. The van der Waals surface area contributed by atoms with Gasteiger partial charge >= 0.3 is 5.97 Å². The van der Waals surface area contributed by atoms with Crippen LogP contribution in [0.25, 0.3) is 11.1 Å². The Morgan fingerprint density at radius 2 is 1.77 bits per heavy atom. The maximum absolute atomic E-state index is 13.6. The van der Waals surface area contributed by atoms with Crippen molar-refractivity contribution >= 4 is 16.0 Å². The van der Waals surface area contributed by atoms with Gasteiger partial charge in [0.15, 0.2) is 0 Å². The van der Waals surface area contributed by atoms with Crippen LogP contribution in [0.1, 0.15) is 28.8 Å². The second kappa shape index (κ2) is 7.14. The van der Waals surface area contributed by atoms with E-state index in [1.54, 1.807) is 0 Å². The molecule has 26 heavy (non-hydrogen) atoms. The molecule has 0 aromatic heterocycles. The summed E-state index contributed by atoms with van der Waals surface area (Å²) in [5, 5.41) is 18.6. The molecule has 138 valence electrons. The molecule has 0 radical (unpaired) electrons. The van der Waals surface area contributed by atoms with Gasteiger partial charge in [-0.3, -0.25) is 0 Å². The molecule has 1 saturated heterocycles. The van der Waals surface area contributed by atoms with Crippen molar-refractivity contribution in [3.8, 4) is 11.1 Å². The maximum Gasteiger partial charge on any atom is 0.335 e. The first-order valence-electron chi connectivity index (χ1n) is 8.11. The summed E-state index contributed by atoms with van der Waals surface area (Å²) >= 11 is 0. The van der Waals surface area contributed by atoms with Gasteiger partial charge < -0.3 is 10.2 Å². The number of nitrogens with zero attached hydrogens (tertiary/aromatic N) is 1. The van der Waals surface area contributed by atoms with E-state index < -0.39 is 28.4 Å². The van der Waals surface area contributed by atoms with Gasteiger partial charge in [-0.05, 0) is 54.3 Å². The highest BCUT2D eigenvalue weighted by Crippen LogP contribution is 2.29. The van der Waals surface area contributed by atoms with E-state index in [4.69, 9.17) is 0 Å². The average Bonchev–Trinajstić information content (AvgIpc) is 3.17. The highest BCUT2D eigenvalue weighted by atomic mass is 32.2.